The molecule has 0 atom stereocenters. The minimum atomic E-state index is 0.685. The first-order valence-electron chi connectivity index (χ1n) is 7.28. The van der Waals surface area contributed by atoms with E-state index in [1.54, 1.807) is 0 Å². The van der Waals surface area contributed by atoms with Crippen molar-refractivity contribution >= 4 is 0 Å². The lowest BCUT2D eigenvalue weighted by Crippen LogP contribution is -2.23. The molecule has 0 aliphatic heterocycles. The van der Waals surface area contributed by atoms with Crippen molar-refractivity contribution in [2.75, 3.05) is 13.6 Å². The molecule has 0 bridgehead atoms. The number of nitrogens with zero attached hydrogens (tertiary/aromatic N) is 3. The summed E-state index contributed by atoms with van der Waals surface area (Å²) in [5.41, 5.74) is 4.84. The van der Waals surface area contributed by atoms with Gasteiger partial charge in [0.25, 0.3) is 0 Å². The van der Waals surface area contributed by atoms with Crippen molar-refractivity contribution < 1.29 is 0 Å². The van der Waals surface area contributed by atoms with E-state index in [-0.39, 0.29) is 0 Å². The molecular formula is C17H25N3. The molecule has 1 aromatic heterocycles. The van der Waals surface area contributed by atoms with Gasteiger partial charge in [0.05, 0.1) is 11.4 Å². The molecule has 0 radical (unpaired) electrons. The van der Waals surface area contributed by atoms with E-state index in [1.165, 1.54) is 11.3 Å². The molecule has 3 heteroatoms. The Hall–Kier alpha value is -1.61. The van der Waals surface area contributed by atoms with Crippen molar-refractivity contribution in [1.82, 2.24) is 14.7 Å². The van der Waals surface area contributed by atoms with Crippen molar-refractivity contribution in [2.45, 2.75) is 34.2 Å². The maximum Gasteiger partial charge on any atom is 0.0648 e. The van der Waals surface area contributed by atoms with E-state index < -0.39 is 0 Å². The second-order valence-corrected chi connectivity index (χ2v) is 5.99. The molecular weight excluding hydrogens is 246 g/mol. The van der Waals surface area contributed by atoms with Crippen LogP contribution < -0.4 is 0 Å². The fourth-order valence-corrected chi connectivity index (χ4v) is 2.68. The maximum atomic E-state index is 4.70. The molecule has 0 saturated carbocycles. The van der Waals surface area contributed by atoms with Crippen LogP contribution in [-0.2, 0) is 6.54 Å². The smallest absolute Gasteiger partial charge is 0.0648 e. The Labute approximate surface area is 122 Å². The average Bonchev–Trinajstić information content (AvgIpc) is 2.67. The zero-order chi connectivity index (χ0) is 14.7. The van der Waals surface area contributed by atoms with Crippen molar-refractivity contribution in [1.29, 1.82) is 0 Å². The first-order valence-corrected chi connectivity index (χ1v) is 7.28. The van der Waals surface area contributed by atoms with Crippen LogP contribution in [0.25, 0.3) is 5.69 Å². The summed E-state index contributed by atoms with van der Waals surface area (Å²) < 4.78 is 2.05. The topological polar surface area (TPSA) is 21.1 Å². The van der Waals surface area contributed by atoms with Crippen molar-refractivity contribution in [3.8, 4) is 5.69 Å². The largest absolute Gasteiger partial charge is 0.302 e. The number of rotatable bonds is 5. The molecule has 0 N–H and O–H groups in total. The summed E-state index contributed by atoms with van der Waals surface area (Å²) in [6.45, 7) is 10.8. The van der Waals surface area contributed by atoms with Crippen molar-refractivity contribution in [3.63, 3.8) is 0 Å². The predicted molar refractivity (Wildman–Crippen MR) is 84.2 cm³/mol. The molecule has 2 aromatic rings. The zero-order valence-corrected chi connectivity index (χ0v) is 13.2. The van der Waals surface area contributed by atoms with Gasteiger partial charge in [-0.05, 0) is 38.9 Å². The molecule has 0 spiro atoms. The van der Waals surface area contributed by atoms with Crippen LogP contribution >= 0.6 is 0 Å². The van der Waals surface area contributed by atoms with E-state index in [4.69, 9.17) is 5.10 Å². The molecule has 0 aliphatic rings. The number of aryl methyl sites for hydroxylation is 1. The molecule has 0 amide bonds. The van der Waals surface area contributed by atoms with E-state index >= 15 is 0 Å². The van der Waals surface area contributed by atoms with Gasteiger partial charge in [0.1, 0.15) is 0 Å². The summed E-state index contributed by atoms with van der Waals surface area (Å²) in [5.74, 6) is 0.685. The highest BCUT2D eigenvalue weighted by Gasteiger charge is 2.14. The van der Waals surface area contributed by atoms with Gasteiger partial charge in [0.2, 0.25) is 0 Å². The van der Waals surface area contributed by atoms with Crippen LogP contribution in [-0.4, -0.2) is 28.3 Å². The molecule has 0 saturated heterocycles. The van der Waals surface area contributed by atoms with Crippen LogP contribution in [0.15, 0.2) is 30.3 Å². The molecule has 0 unspecified atom stereocenters. The number of hydrogen-bond acceptors (Lipinski definition) is 2. The normalized spacial score (nSPS) is 11.6. The lowest BCUT2D eigenvalue weighted by molar-refractivity contribution is 0.287. The van der Waals surface area contributed by atoms with Gasteiger partial charge in [0, 0.05) is 24.3 Å². The summed E-state index contributed by atoms with van der Waals surface area (Å²) in [7, 11) is 2.18. The monoisotopic (exact) mass is 271 g/mol. The molecule has 0 fully saturated rings. The Bertz CT molecular complexity index is 555. The van der Waals surface area contributed by atoms with Crippen LogP contribution in [0.2, 0.25) is 0 Å². The van der Waals surface area contributed by atoms with Crippen LogP contribution in [0.1, 0.15) is 30.8 Å². The second-order valence-electron chi connectivity index (χ2n) is 5.99. The van der Waals surface area contributed by atoms with Gasteiger partial charge >= 0.3 is 0 Å². The van der Waals surface area contributed by atoms with E-state index in [0.717, 1.165) is 24.5 Å². The highest BCUT2D eigenvalue weighted by atomic mass is 15.3. The van der Waals surface area contributed by atoms with Gasteiger partial charge in [0.15, 0.2) is 0 Å². The van der Waals surface area contributed by atoms with Crippen molar-refractivity contribution in [2.24, 2.45) is 5.92 Å². The van der Waals surface area contributed by atoms with E-state index in [2.05, 4.69) is 63.9 Å². The first-order chi connectivity index (χ1) is 9.49. The third-order valence-electron chi connectivity index (χ3n) is 3.55. The fraction of sp³-hybridized carbons (Fsp3) is 0.471. The molecule has 2 rings (SSSR count). The number of benzene rings is 1. The molecule has 3 nitrogen and oxygen atoms in total. The Kier molecular flexibility index (Phi) is 4.61. The summed E-state index contributed by atoms with van der Waals surface area (Å²) in [6.07, 6.45) is 0. The van der Waals surface area contributed by atoms with Gasteiger partial charge in [-0.3, -0.25) is 0 Å². The van der Waals surface area contributed by atoms with Gasteiger partial charge in [-0.2, -0.15) is 5.10 Å². The zero-order valence-electron chi connectivity index (χ0n) is 13.2. The molecule has 108 valence electrons. The van der Waals surface area contributed by atoms with Crippen LogP contribution in [0, 0.1) is 19.8 Å². The van der Waals surface area contributed by atoms with Crippen LogP contribution in [0.4, 0.5) is 0 Å². The summed E-state index contributed by atoms with van der Waals surface area (Å²) in [6, 6.07) is 10.3. The highest BCUT2D eigenvalue weighted by Crippen LogP contribution is 2.19. The van der Waals surface area contributed by atoms with E-state index in [0.29, 0.717) is 5.92 Å². The van der Waals surface area contributed by atoms with Crippen LogP contribution in [0.3, 0.4) is 0 Å². The quantitative estimate of drug-likeness (QED) is 0.829. The minimum Gasteiger partial charge on any atom is -0.302 e. The molecule has 0 aliphatic carbocycles. The molecule has 1 aromatic carbocycles. The Morgan fingerprint density at radius 3 is 2.40 bits per heavy atom. The van der Waals surface area contributed by atoms with Gasteiger partial charge < -0.3 is 4.90 Å². The molecule has 20 heavy (non-hydrogen) atoms. The Morgan fingerprint density at radius 2 is 1.80 bits per heavy atom. The first kappa shape index (κ1) is 14.8. The van der Waals surface area contributed by atoms with Crippen LogP contribution in [0.5, 0.6) is 0 Å². The number of aromatic nitrogens is 2. The van der Waals surface area contributed by atoms with Gasteiger partial charge in [-0.15, -0.1) is 0 Å². The third-order valence-corrected chi connectivity index (χ3v) is 3.55. The van der Waals surface area contributed by atoms with Gasteiger partial charge in [-0.1, -0.05) is 32.0 Å². The van der Waals surface area contributed by atoms with E-state index in [9.17, 15) is 0 Å². The Balaban J connectivity index is 2.26. The van der Waals surface area contributed by atoms with E-state index in [1.807, 2.05) is 10.7 Å². The second kappa shape index (κ2) is 6.23. The minimum absolute atomic E-state index is 0.685. The van der Waals surface area contributed by atoms with Crippen molar-refractivity contribution in [3.05, 3.63) is 47.3 Å². The third kappa shape index (κ3) is 3.28. The number of para-hydroxylation sites is 1. The lowest BCUT2D eigenvalue weighted by atomic mass is 10.1. The van der Waals surface area contributed by atoms with Gasteiger partial charge in [-0.25, -0.2) is 4.68 Å². The Morgan fingerprint density at radius 1 is 1.15 bits per heavy atom. The SMILES string of the molecule is Cc1nn(-c2ccccc2)c(C)c1CN(C)CC(C)C. The summed E-state index contributed by atoms with van der Waals surface area (Å²) in [5, 5.41) is 4.70. The molecule has 1 heterocycles. The maximum absolute atomic E-state index is 4.70. The average molecular weight is 271 g/mol. The summed E-state index contributed by atoms with van der Waals surface area (Å²) >= 11 is 0. The highest BCUT2D eigenvalue weighted by molar-refractivity contribution is 5.36. The fourth-order valence-electron chi connectivity index (χ4n) is 2.68. The standard InChI is InChI=1S/C17H25N3/c1-13(2)11-19(5)12-17-14(3)18-20(15(17)4)16-9-7-6-8-10-16/h6-10,13H,11-12H2,1-5H3. The summed E-state index contributed by atoms with van der Waals surface area (Å²) in [4.78, 5) is 2.37. The predicted octanol–water partition coefficient (Wildman–Crippen LogP) is 3.58. The lowest BCUT2D eigenvalue weighted by Gasteiger charge is -2.19. The number of hydrogen-bond donors (Lipinski definition) is 0.